The lowest BCUT2D eigenvalue weighted by Crippen LogP contribution is -2.27. The van der Waals surface area contributed by atoms with Gasteiger partial charge in [-0.2, -0.15) is 0 Å². The van der Waals surface area contributed by atoms with Crippen LogP contribution in [-0.2, 0) is 9.63 Å². The van der Waals surface area contributed by atoms with E-state index in [9.17, 15) is 4.79 Å². The van der Waals surface area contributed by atoms with Gasteiger partial charge in [0.15, 0.2) is 0 Å². The van der Waals surface area contributed by atoms with Crippen molar-refractivity contribution < 1.29 is 9.63 Å². The second-order valence-electron chi connectivity index (χ2n) is 3.06. The van der Waals surface area contributed by atoms with Crippen molar-refractivity contribution in [3.63, 3.8) is 0 Å². The van der Waals surface area contributed by atoms with Crippen LogP contribution in [0, 0.1) is 0 Å². The van der Waals surface area contributed by atoms with Gasteiger partial charge in [0.1, 0.15) is 6.04 Å². The lowest BCUT2D eigenvalue weighted by Gasteiger charge is -2.21. The fourth-order valence-electron chi connectivity index (χ4n) is 1.56. The van der Waals surface area contributed by atoms with Crippen LogP contribution in [0.25, 0.3) is 0 Å². The topological polar surface area (TPSA) is 29.5 Å². The highest BCUT2D eigenvalue weighted by molar-refractivity contribution is 5.89. The maximum absolute atomic E-state index is 11.3. The standard InChI is InChI=1S/C11H11NO2/c1-14-12-10(7-8-11(12)13)9-5-3-2-4-6-9/h2-8,10H,1H3/t10-/m0/s1. The molecule has 14 heavy (non-hydrogen) atoms. The number of hydrogen-bond acceptors (Lipinski definition) is 2. The van der Waals surface area contributed by atoms with E-state index in [1.54, 1.807) is 0 Å². The number of hydroxylamine groups is 2. The van der Waals surface area contributed by atoms with Gasteiger partial charge < -0.3 is 0 Å². The predicted molar refractivity (Wildman–Crippen MR) is 52.2 cm³/mol. The smallest absolute Gasteiger partial charge is 0.270 e. The van der Waals surface area contributed by atoms with Gasteiger partial charge in [-0.05, 0) is 11.6 Å². The molecule has 1 heterocycles. The van der Waals surface area contributed by atoms with Crippen LogP contribution in [0.4, 0.5) is 0 Å². The Morgan fingerprint density at radius 2 is 2.00 bits per heavy atom. The van der Waals surface area contributed by atoms with Crippen molar-refractivity contribution in [2.75, 3.05) is 7.11 Å². The average Bonchev–Trinajstić information content (AvgIpc) is 2.61. The third kappa shape index (κ3) is 1.42. The van der Waals surface area contributed by atoms with Gasteiger partial charge in [0, 0.05) is 6.08 Å². The van der Waals surface area contributed by atoms with Crippen molar-refractivity contribution in [3.05, 3.63) is 48.0 Å². The van der Waals surface area contributed by atoms with Crippen molar-refractivity contribution in [3.8, 4) is 0 Å². The molecule has 1 aromatic carbocycles. The number of rotatable bonds is 2. The molecule has 3 nitrogen and oxygen atoms in total. The molecule has 0 fully saturated rings. The molecule has 0 aromatic heterocycles. The Labute approximate surface area is 82.5 Å². The number of carbonyl (C=O) groups excluding carboxylic acids is 1. The normalized spacial score (nSPS) is 20.5. The summed E-state index contributed by atoms with van der Waals surface area (Å²) < 4.78 is 0. The first-order valence-corrected chi connectivity index (χ1v) is 4.43. The zero-order valence-corrected chi connectivity index (χ0v) is 7.88. The SMILES string of the molecule is CON1C(=O)C=C[C@H]1c1ccccc1. The van der Waals surface area contributed by atoms with E-state index in [1.807, 2.05) is 36.4 Å². The summed E-state index contributed by atoms with van der Waals surface area (Å²) in [5.41, 5.74) is 1.05. The van der Waals surface area contributed by atoms with Crippen LogP contribution in [-0.4, -0.2) is 18.1 Å². The number of nitrogens with zero attached hydrogens (tertiary/aromatic N) is 1. The molecule has 72 valence electrons. The maximum Gasteiger partial charge on any atom is 0.270 e. The maximum atomic E-state index is 11.3. The summed E-state index contributed by atoms with van der Waals surface area (Å²) in [6.45, 7) is 0. The van der Waals surface area contributed by atoms with Crippen molar-refractivity contribution in [2.24, 2.45) is 0 Å². The number of amides is 1. The Morgan fingerprint density at radius 1 is 1.29 bits per heavy atom. The summed E-state index contributed by atoms with van der Waals surface area (Å²) in [7, 11) is 1.50. The van der Waals surface area contributed by atoms with Crippen LogP contribution in [0.2, 0.25) is 0 Å². The van der Waals surface area contributed by atoms with Crippen molar-refractivity contribution in [2.45, 2.75) is 6.04 Å². The van der Waals surface area contributed by atoms with E-state index in [2.05, 4.69) is 0 Å². The van der Waals surface area contributed by atoms with Crippen LogP contribution in [0.1, 0.15) is 11.6 Å². The molecule has 0 spiro atoms. The summed E-state index contributed by atoms with van der Waals surface area (Å²) in [5.74, 6) is -0.110. The molecule has 0 unspecified atom stereocenters. The molecule has 1 atom stereocenters. The van der Waals surface area contributed by atoms with E-state index in [0.29, 0.717) is 0 Å². The van der Waals surface area contributed by atoms with E-state index in [1.165, 1.54) is 18.2 Å². The Hall–Kier alpha value is -1.61. The minimum Gasteiger partial charge on any atom is -0.273 e. The Kier molecular flexibility index (Phi) is 2.33. The minimum absolute atomic E-state index is 0.0892. The lowest BCUT2D eigenvalue weighted by atomic mass is 10.1. The minimum atomic E-state index is -0.110. The van der Waals surface area contributed by atoms with Gasteiger partial charge in [-0.25, -0.2) is 5.06 Å². The average molecular weight is 189 g/mol. The molecular formula is C11H11NO2. The lowest BCUT2D eigenvalue weighted by molar-refractivity contribution is -0.175. The molecule has 0 saturated heterocycles. The van der Waals surface area contributed by atoms with Gasteiger partial charge in [-0.15, -0.1) is 0 Å². The zero-order valence-electron chi connectivity index (χ0n) is 7.88. The van der Waals surface area contributed by atoms with E-state index in [0.717, 1.165) is 5.56 Å². The molecule has 0 bridgehead atoms. The number of carbonyl (C=O) groups is 1. The van der Waals surface area contributed by atoms with Crippen LogP contribution in [0.15, 0.2) is 42.5 Å². The van der Waals surface area contributed by atoms with Crippen molar-refractivity contribution in [1.29, 1.82) is 0 Å². The quantitative estimate of drug-likeness (QED) is 0.708. The van der Waals surface area contributed by atoms with Crippen LogP contribution < -0.4 is 0 Å². The fraction of sp³-hybridized carbons (Fsp3) is 0.182. The van der Waals surface area contributed by atoms with Crippen molar-refractivity contribution in [1.82, 2.24) is 5.06 Å². The van der Waals surface area contributed by atoms with Crippen LogP contribution in [0.5, 0.6) is 0 Å². The predicted octanol–water partition coefficient (Wildman–Crippen LogP) is 1.69. The van der Waals surface area contributed by atoms with E-state index < -0.39 is 0 Å². The molecule has 2 rings (SSSR count). The third-order valence-electron chi connectivity index (χ3n) is 2.23. The highest BCUT2D eigenvalue weighted by Crippen LogP contribution is 2.26. The number of benzene rings is 1. The molecule has 1 aliphatic heterocycles. The van der Waals surface area contributed by atoms with Crippen LogP contribution in [0.3, 0.4) is 0 Å². The summed E-state index contributed by atoms with van der Waals surface area (Å²) in [4.78, 5) is 16.3. The van der Waals surface area contributed by atoms with Gasteiger partial charge in [0.2, 0.25) is 0 Å². The molecule has 0 N–H and O–H groups in total. The first-order chi connectivity index (χ1) is 6.83. The summed E-state index contributed by atoms with van der Waals surface area (Å²) in [5, 5.41) is 1.36. The second-order valence-corrected chi connectivity index (χ2v) is 3.06. The highest BCUT2D eigenvalue weighted by Gasteiger charge is 2.26. The first-order valence-electron chi connectivity index (χ1n) is 4.43. The Morgan fingerprint density at radius 3 is 2.64 bits per heavy atom. The van der Waals surface area contributed by atoms with Gasteiger partial charge in [-0.3, -0.25) is 9.63 Å². The molecule has 0 aliphatic carbocycles. The van der Waals surface area contributed by atoms with E-state index in [4.69, 9.17) is 4.84 Å². The largest absolute Gasteiger partial charge is 0.273 e. The molecule has 1 amide bonds. The van der Waals surface area contributed by atoms with Gasteiger partial charge in [0.25, 0.3) is 5.91 Å². The third-order valence-corrected chi connectivity index (χ3v) is 2.23. The summed E-state index contributed by atoms with van der Waals surface area (Å²) >= 11 is 0. The molecule has 0 saturated carbocycles. The van der Waals surface area contributed by atoms with Gasteiger partial charge in [0.05, 0.1) is 7.11 Å². The van der Waals surface area contributed by atoms with Gasteiger partial charge >= 0.3 is 0 Å². The van der Waals surface area contributed by atoms with E-state index in [-0.39, 0.29) is 11.9 Å². The first kappa shape index (κ1) is 8.97. The second kappa shape index (κ2) is 3.64. The molecule has 1 aromatic rings. The molecule has 0 radical (unpaired) electrons. The molecule has 1 aliphatic rings. The van der Waals surface area contributed by atoms with Crippen LogP contribution >= 0.6 is 0 Å². The van der Waals surface area contributed by atoms with E-state index >= 15 is 0 Å². The number of hydrogen-bond donors (Lipinski definition) is 0. The molecular weight excluding hydrogens is 178 g/mol. The van der Waals surface area contributed by atoms with Gasteiger partial charge in [-0.1, -0.05) is 30.3 Å². The summed E-state index contributed by atoms with van der Waals surface area (Å²) in [6, 6.07) is 9.69. The molecule has 3 heteroatoms. The monoisotopic (exact) mass is 189 g/mol. The van der Waals surface area contributed by atoms with Crippen molar-refractivity contribution >= 4 is 5.91 Å². The summed E-state index contributed by atoms with van der Waals surface area (Å²) in [6.07, 6.45) is 3.36. The zero-order chi connectivity index (χ0) is 9.97. The Balaban J connectivity index is 2.28. The Bertz CT molecular complexity index is 359. The fourth-order valence-corrected chi connectivity index (χ4v) is 1.56. The highest BCUT2D eigenvalue weighted by atomic mass is 16.7.